The Morgan fingerprint density at radius 1 is 1.00 bits per heavy atom. The van der Waals surface area contributed by atoms with Gasteiger partial charge in [0.25, 0.3) is 0 Å². The quantitative estimate of drug-likeness (QED) is 0.220. The van der Waals surface area contributed by atoms with Gasteiger partial charge in [-0.2, -0.15) is 12.8 Å². The molecule has 49 heavy (non-hydrogen) atoms. The summed E-state index contributed by atoms with van der Waals surface area (Å²) < 4.78 is 39.2. The first-order valence-electron chi connectivity index (χ1n) is 18.2. The maximum absolute atomic E-state index is 14.6. The average molecular weight is 772 g/mol. The average Bonchev–Trinajstić information content (AvgIpc) is 3.01. The van der Waals surface area contributed by atoms with Gasteiger partial charge in [0.15, 0.2) is 12.1 Å². The molecule has 1 N–H and O–H groups in total. The fraction of sp³-hybridized carbons (Fsp3) is 0.921. The van der Waals surface area contributed by atoms with E-state index in [9.17, 15) is 14.7 Å². The Bertz CT molecular complexity index is 1090. The van der Waals surface area contributed by atoms with Crippen LogP contribution in [0.2, 0.25) is 0 Å². The predicted octanol–water partition coefficient (Wildman–Crippen LogP) is 5.47. The first-order chi connectivity index (χ1) is 22.1. The summed E-state index contributed by atoms with van der Waals surface area (Å²) in [7, 11) is 5.70. The van der Waals surface area contributed by atoms with E-state index in [0.717, 1.165) is 12.3 Å². The number of likely N-dealkylation sites (N-methyl/N-ethyl adjacent to an activating group) is 1. The number of ketones is 1. The number of fused-ring (bicyclic) bond motifs is 5. The SMILES string of the molecule is CC[C@H]1OC(=O)C(C)(C)C(=O)[C@H](C)[C@@H](O[C@@H]2O[C@H](C)C[C@H](N(C)C)[C@H]2OC)[C@]2(C)C[C@@H](C)[C-](C)[C@H](C)[C@@H](OCC(C)C(C)CO2)[C@]1(C)O.[Y]. The molecule has 0 aromatic carbocycles. The normalized spacial score (nSPS) is 44.9. The minimum Gasteiger partial charge on any atom is -0.458 e. The van der Waals surface area contributed by atoms with Crippen LogP contribution in [-0.4, -0.2) is 110 Å². The maximum Gasteiger partial charge on any atom is 0.319 e. The molecule has 11 heteroatoms. The van der Waals surface area contributed by atoms with Crippen LogP contribution in [0.4, 0.5) is 0 Å². The van der Waals surface area contributed by atoms with Gasteiger partial charge in [-0.3, -0.25) is 9.59 Å². The minimum atomic E-state index is -1.54. The number of rotatable bonds is 5. The van der Waals surface area contributed by atoms with E-state index in [4.69, 9.17) is 28.4 Å². The van der Waals surface area contributed by atoms with Crippen molar-refractivity contribution < 1.29 is 75.8 Å². The van der Waals surface area contributed by atoms with E-state index in [-0.39, 0.29) is 74.3 Å². The molecule has 3 saturated heterocycles. The number of ether oxygens (including phenoxy) is 6. The smallest absolute Gasteiger partial charge is 0.319 e. The number of hydrogen-bond acceptors (Lipinski definition) is 10. The zero-order chi connectivity index (χ0) is 36.5. The van der Waals surface area contributed by atoms with Gasteiger partial charge in [0, 0.05) is 58.4 Å². The van der Waals surface area contributed by atoms with Crippen molar-refractivity contribution in [3.05, 3.63) is 5.92 Å². The summed E-state index contributed by atoms with van der Waals surface area (Å²) in [6.45, 7) is 24.1. The van der Waals surface area contributed by atoms with Gasteiger partial charge in [0.1, 0.15) is 23.2 Å². The van der Waals surface area contributed by atoms with Gasteiger partial charge < -0.3 is 44.3 Å². The summed E-state index contributed by atoms with van der Waals surface area (Å²) in [5, 5.41) is 12.2. The standard InChI is InChI=1S/C38H68NO9.Y/c1-16-29-38(12,42)33-26(7)25(6)21(2)18-37(11,45-20-23(4)22(3)19-44-33)32(27(8)31(40)36(9,10)35(41)47-29)48-34-30(43-15)28(39(13)14)17-24(5)46-34;/h21-24,26-30,32-34,42H,16-20H2,1-15H3;/q-1;/t21-,22?,23?,24-,26+,27+,28+,29-,30-,32-,33-,34+,37+,38-;/m1./s1. The van der Waals surface area contributed by atoms with Gasteiger partial charge in [-0.25, -0.2) is 0 Å². The predicted molar refractivity (Wildman–Crippen MR) is 185 cm³/mol. The topological polar surface area (TPSA) is 113 Å². The third kappa shape index (κ3) is 9.75. The second kappa shape index (κ2) is 17.9. The Hall–Kier alpha value is -0.0361. The molecule has 283 valence electrons. The van der Waals surface area contributed by atoms with Crippen molar-refractivity contribution in [2.45, 2.75) is 156 Å². The molecule has 3 aliphatic heterocycles. The van der Waals surface area contributed by atoms with Crippen LogP contribution in [0.15, 0.2) is 0 Å². The van der Waals surface area contributed by atoms with E-state index in [1.165, 1.54) is 0 Å². The van der Waals surface area contributed by atoms with Crippen LogP contribution in [0, 0.1) is 40.9 Å². The van der Waals surface area contributed by atoms with Gasteiger partial charge in [0.05, 0.1) is 30.5 Å². The molecule has 3 heterocycles. The van der Waals surface area contributed by atoms with Crippen LogP contribution in [0.3, 0.4) is 0 Å². The Morgan fingerprint density at radius 3 is 2.14 bits per heavy atom. The summed E-state index contributed by atoms with van der Waals surface area (Å²) in [6.07, 6.45) is -2.02. The molecule has 0 spiro atoms. The summed E-state index contributed by atoms with van der Waals surface area (Å²) in [6, 6.07) is 0.0247. The van der Waals surface area contributed by atoms with Gasteiger partial charge in [-0.15, -0.1) is 5.92 Å². The van der Waals surface area contributed by atoms with Crippen LogP contribution >= 0.6 is 0 Å². The molecule has 0 amide bonds. The van der Waals surface area contributed by atoms with E-state index in [2.05, 4.69) is 39.5 Å². The first-order valence-corrected chi connectivity index (χ1v) is 18.2. The Labute approximate surface area is 322 Å². The van der Waals surface area contributed by atoms with E-state index < -0.39 is 59.2 Å². The Morgan fingerprint density at radius 2 is 1.59 bits per heavy atom. The first kappa shape index (κ1) is 45.1. The third-order valence-electron chi connectivity index (χ3n) is 12.1. The molecule has 0 aliphatic carbocycles. The maximum atomic E-state index is 14.6. The molecular weight excluding hydrogens is 703 g/mol. The van der Waals surface area contributed by atoms with Gasteiger partial charge in [0.2, 0.25) is 0 Å². The molecule has 0 aromatic rings. The zero-order valence-electron chi connectivity index (χ0n) is 33.2. The molecule has 0 aromatic heterocycles. The monoisotopic (exact) mass is 771 g/mol. The van der Waals surface area contributed by atoms with Crippen LogP contribution in [0.25, 0.3) is 0 Å². The van der Waals surface area contributed by atoms with Crippen molar-refractivity contribution in [3.8, 4) is 0 Å². The molecule has 0 saturated carbocycles. The van der Waals surface area contributed by atoms with Gasteiger partial charge in [-0.1, -0.05) is 41.5 Å². The minimum absolute atomic E-state index is 0. The Kier molecular flexibility index (Phi) is 16.4. The summed E-state index contributed by atoms with van der Waals surface area (Å²) >= 11 is 0. The van der Waals surface area contributed by atoms with Crippen LogP contribution in [-0.2, 0) is 70.7 Å². The number of carbonyl (C=O) groups excluding carboxylic acids is 2. The summed E-state index contributed by atoms with van der Waals surface area (Å²) in [5.74, 6) is -0.706. The van der Waals surface area contributed by atoms with Crippen molar-refractivity contribution in [1.82, 2.24) is 4.90 Å². The zero-order valence-corrected chi connectivity index (χ0v) is 36.0. The molecule has 10 nitrogen and oxygen atoms in total. The number of cyclic esters (lactones) is 1. The van der Waals surface area contributed by atoms with Crippen molar-refractivity contribution in [3.63, 3.8) is 0 Å². The van der Waals surface area contributed by atoms with Gasteiger partial charge >= 0.3 is 5.97 Å². The van der Waals surface area contributed by atoms with Crippen molar-refractivity contribution >= 4 is 11.8 Å². The van der Waals surface area contributed by atoms with Crippen molar-refractivity contribution in [2.75, 3.05) is 34.4 Å². The number of Topliss-reactive ketones (excluding diaryl/α,β-unsaturated/α-hetero) is 1. The summed E-state index contributed by atoms with van der Waals surface area (Å²) in [5.41, 5.74) is -4.05. The van der Waals surface area contributed by atoms with E-state index in [0.29, 0.717) is 26.1 Å². The van der Waals surface area contributed by atoms with Crippen molar-refractivity contribution in [2.24, 2.45) is 35.0 Å². The molecule has 2 unspecified atom stereocenters. The molecule has 2 bridgehead atoms. The Balaban J connectivity index is 0.00000833. The largest absolute Gasteiger partial charge is 0.458 e. The molecule has 14 atom stereocenters. The number of methoxy groups -OCH3 is 1. The van der Waals surface area contributed by atoms with E-state index in [1.807, 2.05) is 41.8 Å². The third-order valence-corrected chi connectivity index (χ3v) is 12.1. The van der Waals surface area contributed by atoms with Crippen LogP contribution < -0.4 is 0 Å². The summed E-state index contributed by atoms with van der Waals surface area (Å²) in [4.78, 5) is 30.8. The number of hydrogen-bond donors (Lipinski definition) is 1. The number of esters is 1. The fourth-order valence-corrected chi connectivity index (χ4v) is 8.16. The van der Waals surface area contributed by atoms with Crippen LogP contribution in [0.5, 0.6) is 0 Å². The molecule has 3 aliphatic rings. The molecule has 3 fully saturated rings. The second-order valence-electron chi connectivity index (χ2n) is 16.6. The van der Waals surface area contributed by atoms with Crippen LogP contribution in [0.1, 0.15) is 102 Å². The van der Waals surface area contributed by atoms with Gasteiger partial charge in [-0.05, 0) is 79.8 Å². The second-order valence-corrected chi connectivity index (χ2v) is 16.6. The molecular formula is C38H68NO9Y-. The molecule has 3 rings (SSSR count). The number of nitrogens with zero attached hydrogens (tertiary/aromatic N) is 1. The van der Waals surface area contributed by atoms with Crippen molar-refractivity contribution in [1.29, 1.82) is 0 Å². The number of carbonyl (C=O) groups is 2. The fourth-order valence-electron chi connectivity index (χ4n) is 8.16. The van der Waals surface area contributed by atoms with E-state index in [1.54, 1.807) is 27.9 Å². The van der Waals surface area contributed by atoms with E-state index >= 15 is 0 Å². The molecule has 1 radical (unpaired) electrons. The number of aliphatic hydroxyl groups is 1.